The third kappa shape index (κ3) is 1.93. The van der Waals surface area contributed by atoms with Crippen LogP contribution in [0.4, 0.5) is 0 Å². The highest BCUT2D eigenvalue weighted by atomic mass is 32.1. The van der Waals surface area contributed by atoms with Crippen molar-refractivity contribution >= 4 is 11.3 Å². The average molecular weight is 250 g/mol. The Kier molecular flexibility index (Phi) is 2.99. The molecule has 0 aliphatic heterocycles. The lowest BCUT2D eigenvalue weighted by atomic mass is 9.66. The summed E-state index contributed by atoms with van der Waals surface area (Å²) in [5.41, 5.74) is 0.889. The molecule has 0 unspecified atom stereocenters. The van der Waals surface area contributed by atoms with E-state index in [1.54, 1.807) is 0 Å². The highest BCUT2D eigenvalue weighted by molar-refractivity contribution is 7.09. The molecule has 17 heavy (non-hydrogen) atoms. The Bertz CT molecular complexity index is 356. The van der Waals surface area contributed by atoms with Gasteiger partial charge in [-0.2, -0.15) is 0 Å². The molecule has 0 amide bonds. The van der Waals surface area contributed by atoms with Gasteiger partial charge >= 0.3 is 0 Å². The molecule has 1 aromatic heterocycles. The molecular formula is C14H22N2S. The van der Waals surface area contributed by atoms with E-state index in [1.807, 2.05) is 17.5 Å². The minimum absolute atomic E-state index is 0.183. The van der Waals surface area contributed by atoms with E-state index in [2.05, 4.69) is 22.7 Å². The second kappa shape index (κ2) is 4.36. The van der Waals surface area contributed by atoms with Gasteiger partial charge in [-0.05, 0) is 51.0 Å². The van der Waals surface area contributed by atoms with Crippen LogP contribution in [0.3, 0.4) is 0 Å². The van der Waals surface area contributed by atoms with Crippen molar-refractivity contribution in [2.45, 2.75) is 56.9 Å². The summed E-state index contributed by atoms with van der Waals surface area (Å²) in [4.78, 5) is 4.55. The summed E-state index contributed by atoms with van der Waals surface area (Å²) in [5.74, 6) is 0. The Morgan fingerprint density at radius 3 is 2.35 bits per heavy atom. The second-order valence-electron chi connectivity index (χ2n) is 5.88. The van der Waals surface area contributed by atoms with Crippen molar-refractivity contribution in [3.05, 3.63) is 16.6 Å². The minimum Gasteiger partial charge on any atom is -0.308 e. The standard InChI is InChI=1S/C14H22N2S/c1-15-14(12-16-10-11-17-12)8-6-13(7-9-14)4-2-3-5-13/h10-11,15H,2-9H2,1H3. The summed E-state index contributed by atoms with van der Waals surface area (Å²) in [6, 6.07) is 0. The number of hydrogen-bond donors (Lipinski definition) is 1. The minimum atomic E-state index is 0.183. The maximum atomic E-state index is 4.55. The van der Waals surface area contributed by atoms with E-state index < -0.39 is 0 Å². The van der Waals surface area contributed by atoms with Crippen LogP contribution in [0.2, 0.25) is 0 Å². The molecule has 2 fully saturated rings. The SMILES string of the molecule is CNC1(c2nccs2)CCC2(CCCC2)CC1. The van der Waals surface area contributed by atoms with E-state index in [-0.39, 0.29) is 5.54 Å². The third-order valence-electron chi connectivity index (χ3n) is 5.15. The molecule has 2 aliphatic carbocycles. The molecule has 0 saturated heterocycles. The van der Waals surface area contributed by atoms with Crippen LogP contribution < -0.4 is 5.32 Å². The number of hydrogen-bond acceptors (Lipinski definition) is 3. The zero-order valence-corrected chi connectivity index (χ0v) is 11.5. The van der Waals surface area contributed by atoms with Gasteiger partial charge in [0.05, 0.1) is 5.54 Å². The van der Waals surface area contributed by atoms with E-state index in [9.17, 15) is 0 Å². The zero-order valence-electron chi connectivity index (χ0n) is 10.7. The Hall–Kier alpha value is -0.410. The van der Waals surface area contributed by atoms with E-state index in [4.69, 9.17) is 0 Å². The van der Waals surface area contributed by atoms with Crippen molar-refractivity contribution in [3.63, 3.8) is 0 Å². The molecule has 3 heteroatoms. The van der Waals surface area contributed by atoms with Crippen LogP contribution in [0.15, 0.2) is 11.6 Å². The summed E-state index contributed by atoms with van der Waals surface area (Å²) in [6.45, 7) is 0. The van der Waals surface area contributed by atoms with Crippen LogP contribution in [0, 0.1) is 5.41 Å². The van der Waals surface area contributed by atoms with Crippen LogP contribution in [0.1, 0.15) is 56.4 Å². The Morgan fingerprint density at radius 1 is 1.12 bits per heavy atom. The van der Waals surface area contributed by atoms with E-state index in [0.717, 1.165) is 0 Å². The fourth-order valence-electron chi connectivity index (χ4n) is 3.86. The lowest BCUT2D eigenvalue weighted by Crippen LogP contribution is -2.45. The fraction of sp³-hybridized carbons (Fsp3) is 0.786. The van der Waals surface area contributed by atoms with Gasteiger partial charge in [-0.1, -0.05) is 12.8 Å². The van der Waals surface area contributed by atoms with Crippen LogP contribution in [0.25, 0.3) is 0 Å². The highest BCUT2D eigenvalue weighted by Gasteiger charge is 2.45. The van der Waals surface area contributed by atoms with Crippen molar-refractivity contribution < 1.29 is 0 Å². The second-order valence-corrected chi connectivity index (χ2v) is 6.77. The van der Waals surface area contributed by atoms with Crippen molar-refractivity contribution in [3.8, 4) is 0 Å². The van der Waals surface area contributed by atoms with Crippen LogP contribution in [0.5, 0.6) is 0 Å². The van der Waals surface area contributed by atoms with Crippen LogP contribution in [-0.2, 0) is 5.54 Å². The summed E-state index contributed by atoms with van der Waals surface area (Å²) in [5, 5.41) is 6.98. The predicted octanol–water partition coefficient (Wildman–Crippen LogP) is 3.69. The summed E-state index contributed by atoms with van der Waals surface area (Å²) < 4.78 is 0. The van der Waals surface area contributed by atoms with E-state index in [0.29, 0.717) is 5.41 Å². The first kappa shape index (κ1) is 11.7. The van der Waals surface area contributed by atoms with Gasteiger partial charge in [0, 0.05) is 11.6 Å². The number of nitrogens with one attached hydrogen (secondary N) is 1. The first-order valence-corrected chi connectivity index (χ1v) is 7.76. The van der Waals surface area contributed by atoms with Crippen molar-refractivity contribution in [1.29, 1.82) is 0 Å². The predicted molar refractivity (Wildman–Crippen MR) is 72.2 cm³/mol. The molecule has 0 atom stereocenters. The Labute approximate surface area is 108 Å². The molecule has 2 saturated carbocycles. The first-order chi connectivity index (χ1) is 8.29. The largest absolute Gasteiger partial charge is 0.308 e. The van der Waals surface area contributed by atoms with Gasteiger partial charge in [0.2, 0.25) is 0 Å². The molecule has 0 aromatic carbocycles. The normalized spacial score (nSPS) is 26.4. The number of rotatable bonds is 2. The summed E-state index contributed by atoms with van der Waals surface area (Å²) in [6.07, 6.45) is 13.2. The molecule has 1 spiro atoms. The maximum absolute atomic E-state index is 4.55. The van der Waals surface area contributed by atoms with E-state index in [1.165, 1.54) is 56.4 Å². The van der Waals surface area contributed by atoms with Crippen molar-refractivity contribution in [1.82, 2.24) is 10.3 Å². The van der Waals surface area contributed by atoms with Gasteiger partial charge in [-0.25, -0.2) is 4.98 Å². The number of aromatic nitrogens is 1. The van der Waals surface area contributed by atoms with Gasteiger partial charge in [0.25, 0.3) is 0 Å². The molecule has 1 N–H and O–H groups in total. The van der Waals surface area contributed by atoms with Crippen molar-refractivity contribution in [2.24, 2.45) is 5.41 Å². The number of nitrogens with zero attached hydrogens (tertiary/aromatic N) is 1. The summed E-state index contributed by atoms with van der Waals surface area (Å²) in [7, 11) is 2.11. The molecule has 94 valence electrons. The van der Waals surface area contributed by atoms with Gasteiger partial charge in [-0.15, -0.1) is 11.3 Å². The highest BCUT2D eigenvalue weighted by Crippen LogP contribution is 2.53. The lowest BCUT2D eigenvalue weighted by molar-refractivity contribution is 0.114. The molecule has 2 aliphatic rings. The Morgan fingerprint density at radius 2 is 1.82 bits per heavy atom. The monoisotopic (exact) mass is 250 g/mol. The van der Waals surface area contributed by atoms with Gasteiger partial charge in [-0.3, -0.25) is 0 Å². The molecule has 0 radical (unpaired) electrons. The molecule has 1 aromatic rings. The maximum Gasteiger partial charge on any atom is 0.113 e. The fourth-order valence-corrected chi connectivity index (χ4v) is 4.77. The van der Waals surface area contributed by atoms with Gasteiger partial charge < -0.3 is 5.32 Å². The first-order valence-electron chi connectivity index (χ1n) is 6.88. The lowest BCUT2D eigenvalue weighted by Gasteiger charge is -2.44. The van der Waals surface area contributed by atoms with Crippen molar-refractivity contribution in [2.75, 3.05) is 7.05 Å². The molecule has 2 nitrogen and oxygen atoms in total. The number of thiazole rings is 1. The van der Waals surface area contributed by atoms with Crippen LogP contribution in [-0.4, -0.2) is 12.0 Å². The molecular weight excluding hydrogens is 228 g/mol. The van der Waals surface area contributed by atoms with Gasteiger partial charge in [0.15, 0.2) is 0 Å². The quantitative estimate of drug-likeness (QED) is 0.866. The van der Waals surface area contributed by atoms with Gasteiger partial charge in [0.1, 0.15) is 5.01 Å². The Balaban J connectivity index is 1.77. The average Bonchev–Trinajstić information content (AvgIpc) is 3.03. The molecule has 3 rings (SSSR count). The third-order valence-corrected chi connectivity index (χ3v) is 6.13. The molecule has 1 heterocycles. The summed E-state index contributed by atoms with van der Waals surface area (Å²) >= 11 is 1.81. The van der Waals surface area contributed by atoms with E-state index >= 15 is 0 Å². The topological polar surface area (TPSA) is 24.9 Å². The smallest absolute Gasteiger partial charge is 0.113 e. The zero-order chi connectivity index (χ0) is 11.8. The van der Waals surface area contributed by atoms with Crippen LogP contribution >= 0.6 is 11.3 Å². The molecule has 0 bridgehead atoms.